The second-order valence-corrected chi connectivity index (χ2v) is 22.2. The molecular weight excluding hydrogens is 464 g/mol. The largest absolute Gasteiger partial charge is 0.408 e. The lowest BCUT2D eigenvalue weighted by Gasteiger charge is -2.54. The Morgan fingerprint density at radius 1 is 0.794 bits per heavy atom. The van der Waals surface area contributed by atoms with Gasteiger partial charge in [-0.25, -0.2) is 0 Å². The Morgan fingerprint density at radius 3 is 1.82 bits per heavy atom. The maximum atomic E-state index is 7.10. The molecule has 2 saturated heterocycles. The molecule has 2 aliphatic heterocycles. The molecule has 34 heavy (non-hydrogen) atoms. The summed E-state index contributed by atoms with van der Waals surface area (Å²) < 4.78 is 39.0. The van der Waals surface area contributed by atoms with E-state index in [1.165, 1.54) is 0 Å². The highest BCUT2D eigenvalue weighted by atomic mass is 28.4. The van der Waals surface area contributed by atoms with Gasteiger partial charge in [-0.2, -0.15) is 0 Å². The van der Waals surface area contributed by atoms with E-state index >= 15 is 0 Å². The van der Waals surface area contributed by atoms with Crippen molar-refractivity contribution in [3.8, 4) is 0 Å². The Hall–Kier alpha value is -0.586. The molecule has 0 amide bonds. The molecule has 0 aliphatic carbocycles. The van der Waals surface area contributed by atoms with E-state index in [2.05, 4.69) is 67.7 Å². The van der Waals surface area contributed by atoms with Gasteiger partial charge < -0.3 is 27.8 Å². The van der Waals surface area contributed by atoms with Gasteiger partial charge in [0.25, 0.3) is 0 Å². The van der Waals surface area contributed by atoms with E-state index in [0.29, 0.717) is 6.61 Å². The highest BCUT2D eigenvalue weighted by Crippen LogP contribution is 2.45. The molecule has 1 aromatic carbocycles. The van der Waals surface area contributed by atoms with Gasteiger partial charge in [0.1, 0.15) is 24.4 Å². The number of methoxy groups -OCH3 is 1. The van der Waals surface area contributed by atoms with Crippen molar-refractivity contribution in [1.29, 1.82) is 0 Å². The van der Waals surface area contributed by atoms with Gasteiger partial charge in [0.2, 0.25) is 0 Å². The van der Waals surface area contributed by atoms with Gasteiger partial charge in [-0.15, -0.1) is 0 Å². The SMILES string of the molecule is CO[C@H]1O[C@@H]2COC(c3ccccc3)O[C@H]2[C@H](O[Si](C)(C)C(C)(C)C)[C@H]1O[Si](C)(C)C(C)(C)C. The molecule has 0 N–H and O–H groups in total. The highest BCUT2D eigenvalue weighted by Gasteiger charge is 2.56. The maximum Gasteiger partial charge on any atom is 0.192 e. The fourth-order valence-corrected chi connectivity index (χ4v) is 6.39. The van der Waals surface area contributed by atoms with E-state index < -0.39 is 35.3 Å². The Labute approximate surface area is 208 Å². The molecule has 3 rings (SSSR count). The van der Waals surface area contributed by atoms with E-state index in [-0.39, 0.29) is 28.4 Å². The lowest BCUT2D eigenvalue weighted by molar-refractivity contribution is -0.354. The number of benzene rings is 1. The predicted molar refractivity (Wildman–Crippen MR) is 140 cm³/mol. The molecule has 2 aliphatic rings. The van der Waals surface area contributed by atoms with Crippen molar-refractivity contribution in [3.63, 3.8) is 0 Å². The van der Waals surface area contributed by atoms with Crippen LogP contribution in [0.15, 0.2) is 30.3 Å². The van der Waals surface area contributed by atoms with Crippen molar-refractivity contribution in [1.82, 2.24) is 0 Å². The summed E-state index contributed by atoms with van der Waals surface area (Å²) in [6, 6.07) is 10.0. The topological polar surface area (TPSA) is 55.4 Å². The van der Waals surface area contributed by atoms with Crippen LogP contribution in [-0.2, 0) is 27.8 Å². The van der Waals surface area contributed by atoms with Crippen LogP contribution in [0.3, 0.4) is 0 Å². The summed E-state index contributed by atoms with van der Waals surface area (Å²) in [6.07, 6.45) is -2.35. The molecule has 8 heteroatoms. The van der Waals surface area contributed by atoms with Crippen LogP contribution < -0.4 is 0 Å². The molecular formula is C26H46O6Si2. The number of ether oxygens (including phenoxy) is 4. The first kappa shape index (κ1) is 28.0. The quantitative estimate of drug-likeness (QED) is 0.422. The van der Waals surface area contributed by atoms with Crippen molar-refractivity contribution < 1.29 is 27.8 Å². The molecule has 2 heterocycles. The Balaban J connectivity index is 2.00. The molecule has 0 aromatic heterocycles. The highest BCUT2D eigenvalue weighted by molar-refractivity contribution is 6.74. The first-order valence-corrected chi connectivity index (χ1v) is 18.2. The van der Waals surface area contributed by atoms with Gasteiger partial charge in [-0.3, -0.25) is 0 Å². The van der Waals surface area contributed by atoms with Gasteiger partial charge in [-0.1, -0.05) is 71.9 Å². The Kier molecular flexibility index (Phi) is 8.27. The lowest BCUT2D eigenvalue weighted by Crippen LogP contribution is -2.67. The molecule has 6 nitrogen and oxygen atoms in total. The van der Waals surface area contributed by atoms with Crippen molar-refractivity contribution in [2.45, 2.75) is 115 Å². The van der Waals surface area contributed by atoms with Gasteiger partial charge in [0, 0.05) is 12.7 Å². The average molecular weight is 511 g/mol. The van der Waals surface area contributed by atoms with E-state index in [9.17, 15) is 0 Å². The van der Waals surface area contributed by atoms with E-state index in [4.69, 9.17) is 27.8 Å². The fraction of sp³-hybridized carbons (Fsp3) is 0.769. The standard InChI is InChI=1S/C26H46O6Si2/c1-25(2,3)33(8,9)31-21-20-19(17-28-23(30-20)18-15-13-12-14-16-18)29-24(27-7)22(21)32-34(10,11)26(4,5)6/h12-16,19-24H,17H2,1-11H3/t19-,20-,21+,22-,23?,24+/m1/s1. The maximum absolute atomic E-state index is 7.10. The summed E-state index contributed by atoms with van der Waals surface area (Å²) in [6.45, 7) is 23.0. The first-order valence-electron chi connectivity index (χ1n) is 12.4. The smallest absolute Gasteiger partial charge is 0.192 e. The molecule has 2 fully saturated rings. The minimum atomic E-state index is -2.17. The number of hydrogen-bond donors (Lipinski definition) is 0. The zero-order valence-corrected chi connectivity index (χ0v) is 25.0. The Morgan fingerprint density at radius 2 is 1.32 bits per heavy atom. The van der Waals surface area contributed by atoms with Crippen LogP contribution in [0.4, 0.5) is 0 Å². The third-order valence-electron chi connectivity index (χ3n) is 8.06. The van der Waals surface area contributed by atoms with Crippen molar-refractivity contribution in [2.75, 3.05) is 13.7 Å². The normalized spacial score (nSPS) is 31.3. The van der Waals surface area contributed by atoms with Crippen molar-refractivity contribution in [2.24, 2.45) is 0 Å². The van der Waals surface area contributed by atoms with Gasteiger partial charge in [0.05, 0.1) is 6.61 Å². The van der Waals surface area contributed by atoms with E-state index in [1.807, 2.05) is 30.3 Å². The summed E-state index contributed by atoms with van der Waals surface area (Å²) in [5.74, 6) is 0. The molecule has 6 atom stereocenters. The van der Waals surface area contributed by atoms with Crippen molar-refractivity contribution >= 4 is 16.6 Å². The average Bonchev–Trinajstić information content (AvgIpc) is 2.73. The third kappa shape index (κ3) is 5.86. The molecule has 0 bridgehead atoms. The van der Waals surface area contributed by atoms with Crippen LogP contribution in [0, 0.1) is 0 Å². The van der Waals surface area contributed by atoms with Crippen LogP contribution in [0.25, 0.3) is 0 Å². The van der Waals surface area contributed by atoms with Gasteiger partial charge in [0.15, 0.2) is 29.2 Å². The fourth-order valence-electron chi connectivity index (χ4n) is 3.81. The molecule has 0 radical (unpaired) electrons. The van der Waals surface area contributed by atoms with Crippen LogP contribution >= 0.6 is 0 Å². The molecule has 194 valence electrons. The van der Waals surface area contributed by atoms with E-state index in [0.717, 1.165) is 5.56 Å². The molecule has 0 spiro atoms. The predicted octanol–water partition coefficient (Wildman–Crippen LogP) is 6.25. The van der Waals surface area contributed by atoms with Gasteiger partial charge in [-0.05, 0) is 36.3 Å². The minimum absolute atomic E-state index is 0.0345. The summed E-state index contributed by atoms with van der Waals surface area (Å²) >= 11 is 0. The summed E-state index contributed by atoms with van der Waals surface area (Å²) in [5, 5.41) is 0.0711. The van der Waals surface area contributed by atoms with Gasteiger partial charge >= 0.3 is 0 Å². The summed E-state index contributed by atoms with van der Waals surface area (Å²) in [5.41, 5.74) is 0.989. The second kappa shape index (κ2) is 10.1. The van der Waals surface area contributed by atoms with E-state index in [1.54, 1.807) is 7.11 Å². The minimum Gasteiger partial charge on any atom is -0.408 e. The number of rotatable bonds is 6. The van der Waals surface area contributed by atoms with Crippen LogP contribution in [0.1, 0.15) is 53.4 Å². The molecule has 1 unspecified atom stereocenters. The first-order chi connectivity index (χ1) is 15.6. The third-order valence-corrected chi connectivity index (χ3v) is 17.0. The van der Waals surface area contributed by atoms with Crippen LogP contribution in [-0.4, -0.2) is 61.1 Å². The summed E-state index contributed by atoms with van der Waals surface area (Å²) in [4.78, 5) is 0. The second-order valence-electron chi connectivity index (χ2n) is 12.6. The van der Waals surface area contributed by atoms with Crippen LogP contribution in [0.5, 0.6) is 0 Å². The zero-order valence-electron chi connectivity index (χ0n) is 23.0. The molecule has 0 saturated carbocycles. The molecule has 1 aromatic rings. The zero-order chi connectivity index (χ0) is 25.5. The lowest BCUT2D eigenvalue weighted by atomic mass is 9.98. The monoisotopic (exact) mass is 510 g/mol. The number of fused-ring (bicyclic) bond motifs is 1. The number of hydrogen-bond acceptors (Lipinski definition) is 6. The summed E-state index contributed by atoms with van der Waals surface area (Å²) in [7, 11) is -2.66. The van der Waals surface area contributed by atoms with Crippen molar-refractivity contribution in [3.05, 3.63) is 35.9 Å². The Bertz CT molecular complexity index is 802. The van der Waals surface area contributed by atoms with Crippen LogP contribution in [0.2, 0.25) is 36.3 Å².